The van der Waals surface area contributed by atoms with Crippen LogP contribution in [0, 0.1) is 0 Å². The third-order valence-electron chi connectivity index (χ3n) is 5.34. The molecule has 2 aromatic carbocycles. The van der Waals surface area contributed by atoms with E-state index < -0.39 is 0 Å². The number of hydrogen-bond donors (Lipinski definition) is 0. The number of Topliss-reactive ketones (excluding diaryl/α,β-unsaturated/α-hetero) is 1. The molecule has 5 nitrogen and oxygen atoms in total. The summed E-state index contributed by atoms with van der Waals surface area (Å²) in [4.78, 5) is 26.9. The minimum atomic E-state index is -0.00806. The Balaban J connectivity index is 1.47. The van der Waals surface area contributed by atoms with Crippen LogP contribution in [0.15, 0.2) is 48.5 Å². The van der Waals surface area contributed by atoms with Gasteiger partial charge in [-0.05, 0) is 54.8 Å². The molecule has 1 aliphatic heterocycles. The highest BCUT2D eigenvalue weighted by atomic mass is 16.5. The number of ether oxygens (including phenoxy) is 2. The van der Waals surface area contributed by atoms with Crippen molar-refractivity contribution in [3.63, 3.8) is 0 Å². The molecule has 1 heterocycles. The lowest BCUT2D eigenvalue weighted by Crippen LogP contribution is -2.28. The van der Waals surface area contributed by atoms with Gasteiger partial charge < -0.3 is 14.4 Å². The molecule has 154 valence electrons. The van der Waals surface area contributed by atoms with E-state index in [1.54, 1.807) is 19.2 Å². The van der Waals surface area contributed by atoms with Crippen molar-refractivity contribution in [2.75, 3.05) is 26.8 Å². The minimum absolute atomic E-state index is 0.00806. The summed E-state index contributed by atoms with van der Waals surface area (Å²) in [7, 11) is 1.65. The van der Waals surface area contributed by atoms with Crippen molar-refractivity contribution in [2.24, 2.45) is 0 Å². The number of ketones is 1. The van der Waals surface area contributed by atoms with Crippen LogP contribution in [0.4, 0.5) is 0 Å². The first-order chi connectivity index (χ1) is 14.1. The fourth-order valence-electron chi connectivity index (χ4n) is 3.61. The summed E-state index contributed by atoms with van der Waals surface area (Å²) in [5, 5.41) is 0. The molecule has 2 aromatic rings. The monoisotopic (exact) mass is 395 g/mol. The zero-order chi connectivity index (χ0) is 20.6. The number of benzene rings is 2. The van der Waals surface area contributed by atoms with Crippen LogP contribution in [0.5, 0.6) is 11.5 Å². The molecule has 1 atom stereocenters. The van der Waals surface area contributed by atoms with E-state index in [9.17, 15) is 9.59 Å². The van der Waals surface area contributed by atoms with E-state index in [2.05, 4.69) is 19.1 Å². The van der Waals surface area contributed by atoms with Gasteiger partial charge in [0.15, 0.2) is 5.78 Å². The van der Waals surface area contributed by atoms with Crippen molar-refractivity contribution in [2.45, 2.75) is 38.5 Å². The van der Waals surface area contributed by atoms with Gasteiger partial charge in [0.2, 0.25) is 5.91 Å². The van der Waals surface area contributed by atoms with Crippen LogP contribution in [-0.2, 0) is 4.79 Å². The number of carbonyl (C=O) groups is 2. The maximum absolute atomic E-state index is 12.6. The smallest absolute Gasteiger partial charge is 0.223 e. The lowest BCUT2D eigenvalue weighted by molar-refractivity contribution is -0.130. The molecule has 1 unspecified atom stereocenters. The SMILES string of the molecule is CCCOc1ccc(C(=O)CCC(=O)N2CCC(c3ccc(OC)cc3)C2)cc1. The topological polar surface area (TPSA) is 55.8 Å². The van der Waals surface area contributed by atoms with Crippen LogP contribution in [0.25, 0.3) is 0 Å². The molecule has 5 heteroatoms. The minimum Gasteiger partial charge on any atom is -0.497 e. The number of nitrogens with zero attached hydrogens (tertiary/aromatic N) is 1. The summed E-state index contributed by atoms with van der Waals surface area (Å²) in [6, 6.07) is 15.2. The van der Waals surface area contributed by atoms with Gasteiger partial charge in [-0.15, -0.1) is 0 Å². The fraction of sp³-hybridized carbons (Fsp3) is 0.417. The van der Waals surface area contributed by atoms with Gasteiger partial charge in [-0.3, -0.25) is 9.59 Å². The Morgan fingerprint density at radius 1 is 1.00 bits per heavy atom. The van der Waals surface area contributed by atoms with Crippen LogP contribution in [0.2, 0.25) is 0 Å². The zero-order valence-electron chi connectivity index (χ0n) is 17.2. The molecule has 3 rings (SSSR count). The lowest BCUT2D eigenvalue weighted by Gasteiger charge is -2.17. The molecule has 0 aliphatic carbocycles. The van der Waals surface area contributed by atoms with Gasteiger partial charge in [0.05, 0.1) is 13.7 Å². The highest BCUT2D eigenvalue weighted by Crippen LogP contribution is 2.29. The normalized spacial score (nSPS) is 15.9. The number of carbonyl (C=O) groups excluding carboxylic acids is 2. The number of hydrogen-bond acceptors (Lipinski definition) is 4. The van der Waals surface area contributed by atoms with Gasteiger partial charge >= 0.3 is 0 Å². The fourth-order valence-corrected chi connectivity index (χ4v) is 3.61. The van der Waals surface area contributed by atoms with Crippen LogP contribution in [0.3, 0.4) is 0 Å². The van der Waals surface area contributed by atoms with Gasteiger partial charge in [0.1, 0.15) is 11.5 Å². The molecule has 0 N–H and O–H groups in total. The largest absolute Gasteiger partial charge is 0.497 e. The molecular formula is C24H29NO4. The van der Waals surface area contributed by atoms with Gasteiger partial charge in [-0.2, -0.15) is 0 Å². The van der Waals surface area contributed by atoms with Crippen LogP contribution >= 0.6 is 0 Å². The molecule has 1 fully saturated rings. The van der Waals surface area contributed by atoms with Crippen molar-refractivity contribution in [1.29, 1.82) is 0 Å². The van der Waals surface area contributed by atoms with Gasteiger partial charge in [-0.1, -0.05) is 19.1 Å². The maximum atomic E-state index is 12.6. The van der Waals surface area contributed by atoms with E-state index in [0.29, 0.717) is 24.6 Å². The Labute approximate surface area is 172 Å². The highest BCUT2D eigenvalue weighted by molar-refractivity contribution is 5.98. The number of methoxy groups -OCH3 is 1. The van der Waals surface area contributed by atoms with Crippen molar-refractivity contribution >= 4 is 11.7 Å². The molecule has 0 radical (unpaired) electrons. The number of rotatable bonds is 9. The summed E-state index contributed by atoms with van der Waals surface area (Å²) >= 11 is 0. The van der Waals surface area contributed by atoms with E-state index >= 15 is 0 Å². The van der Waals surface area contributed by atoms with Crippen LogP contribution < -0.4 is 9.47 Å². The standard InChI is InChI=1S/C24H29NO4/c1-3-16-29-22-10-6-19(7-11-22)23(26)12-13-24(27)25-15-14-20(17-25)18-4-8-21(28-2)9-5-18/h4-11,20H,3,12-17H2,1-2H3. The molecule has 1 aliphatic rings. The molecule has 0 aromatic heterocycles. The third kappa shape index (κ3) is 5.59. The molecule has 1 saturated heterocycles. The summed E-state index contributed by atoms with van der Waals surface area (Å²) < 4.78 is 10.7. The molecule has 0 spiro atoms. The van der Waals surface area contributed by atoms with Gasteiger partial charge in [-0.25, -0.2) is 0 Å². The molecule has 29 heavy (non-hydrogen) atoms. The highest BCUT2D eigenvalue weighted by Gasteiger charge is 2.27. The van der Waals surface area contributed by atoms with Gasteiger partial charge in [0, 0.05) is 37.4 Å². The number of likely N-dealkylation sites (tertiary alicyclic amines) is 1. The summed E-state index contributed by atoms with van der Waals surface area (Å²) in [5.41, 5.74) is 1.85. The maximum Gasteiger partial charge on any atom is 0.223 e. The molecule has 0 bridgehead atoms. The van der Waals surface area contributed by atoms with Gasteiger partial charge in [0.25, 0.3) is 0 Å². The van der Waals surface area contributed by atoms with Crippen LogP contribution in [0.1, 0.15) is 54.4 Å². The number of amides is 1. The van der Waals surface area contributed by atoms with E-state index in [4.69, 9.17) is 9.47 Å². The van der Waals surface area contributed by atoms with Crippen molar-refractivity contribution < 1.29 is 19.1 Å². The van der Waals surface area contributed by atoms with E-state index in [-0.39, 0.29) is 24.5 Å². The summed E-state index contributed by atoms with van der Waals surface area (Å²) in [6.07, 6.45) is 2.38. The van der Waals surface area contributed by atoms with E-state index in [1.165, 1.54) is 5.56 Å². The second-order valence-electron chi connectivity index (χ2n) is 7.39. The average Bonchev–Trinajstić information content (AvgIpc) is 3.26. The molecule has 0 saturated carbocycles. The summed E-state index contributed by atoms with van der Waals surface area (Å²) in [5.74, 6) is 1.99. The Bertz CT molecular complexity index is 814. The zero-order valence-corrected chi connectivity index (χ0v) is 17.2. The Morgan fingerprint density at radius 2 is 1.69 bits per heavy atom. The molecular weight excluding hydrogens is 366 g/mol. The van der Waals surface area contributed by atoms with Crippen molar-refractivity contribution in [1.82, 2.24) is 4.90 Å². The quantitative estimate of drug-likeness (QED) is 0.588. The predicted octanol–water partition coefficient (Wildman–Crippen LogP) is 4.46. The second-order valence-corrected chi connectivity index (χ2v) is 7.39. The summed E-state index contributed by atoms with van der Waals surface area (Å²) in [6.45, 7) is 4.17. The van der Waals surface area contributed by atoms with Crippen molar-refractivity contribution in [3.05, 3.63) is 59.7 Å². The predicted molar refractivity (Wildman–Crippen MR) is 113 cm³/mol. The lowest BCUT2D eigenvalue weighted by atomic mass is 9.98. The first-order valence-corrected chi connectivity index (χ1v) is 10.3. The Hall–Kier alpha value is -2.82. The van der Waals surface area contributed by atoms with Crippen molar-refractivity contribution in [3.8, 4) is 11.5 Å². The first kappa shape index (κ1) is 20.9. The Morgan fingerprint density at radius 3 is 2.34 bits per heavy atom. The van der Waals surface area contributed by atoms with E-state index in [0.717, 1.165) is 30.9 Å². The van der Waals surface area contributed by atoms with E-state index in [1.807, 2.05) is 29.2 Å². The Kier molecular flexibility index (Phi) is 7.28. The van der Waals surface area contributed by atoms with Crippen LogP contribution in [-0.4, -0.2) is 43.4 Å². The first-order valence-electron chi connectivity index (χ1n) is 10.3. The third-order valence-corrected chi connectivity index (χ3v) is 5.34. The average molecular weight is 395 g/mol. The second kappa shape index (κ2) is 10.1. The molecule has 1 amide bonds.